The first-order chi connectivity index (χ1) is 7.34. The van der Waals surface area contributed by atoms with Gasteiger partial charge in [0.05, 0.1) is 0 Å². The van der Waals surface area contributed by atoms with Crippen molar-refractivity contribution in [2.24, 2.45) is 0 Å². The Labute approximate surface area is 96.1 Å². The third-order valence-electron chi connectivity index (χ3n) is 2.90. The molecule has 2 N–H and O–H groups in total. The maximum absolute atomic E-state index is 3.55. The molecule has 1 aromatic heterocycles. The molecule has 0 radical (unpaired) electrons. The van der Waals surface area contributed by atoms with E-state index < -0.39 is 0 Å². The average Bonchev–Trinajstić information content (AvgIpc) is 2.66. The molecule has 1 saturated heterocycles. The van der Waals surface area contributed by atoms with Crippen LogP contribution in [-0.4, -0.2) is 19.1 Å². The minimum Gasteiger partial charge on any atom is -0.313 e. The number of hydrogen-bond acceptors (Lipinski definition) is 3. The lowest BCUT2D eigenvalue weighted by Gasteiger charge is -2.23. The summed E-state index contributed by atoms with van der Waals surface area (Å²) in [6.45, 7) is 5.49. The summed E-state index contributed by atoms with van der Waals surface area (Å²) in [5.74, 6) is 0. The topological polar surface area (TPSA) is 24.1 Å². The summed E-state index contributed by atoms with van der Waals surface area (Å²) in [6.07, 6.45) is 4.06. The van der Waals surface area contributed by atoms with Crippen molar-refractivity contribution < 1.29 is 0 Å². The molecule has 1 aliphatic heterocycles. The van der Waals surface area contributed by atoms with Gasteiger partial charge < -0.3 is 10.6 Å². The Kier molecular flexibility index (Phi) is 4.18. The van der Waals surface area contributed by atoms with E-state index >= 15 is 0 Å². The van der Waals surface area contributed by atoms with Crippen molar-refractivity contribution in [2.75, 3.05) is 13.1 Å². The van der Waals surface area contributed by atoms with Crippen LogP contribution in [0, 0.1) is 6.92 Å². The second-order valence-electron chi connectivity index (χ2n) is 4.29. The van der Waals surface area contributed by atoms with Crippen LogP contribution < -0.4 is 10.6 Å². The van der Waals surface area contributed by atoms with E-state index in [1.54, 1.807) is 0 Å². The molecule has 1 aliphatic rings. The fourth-order valence-electron chi connectivity index (χ4n) is 2.05. The number of hydrogen-bond donors (Lipinski definition) is 2. The van der Waals surface area contributed by atoms with E-state index in [1.807, 2.05) is 11.3 Å². The summed E-state index contributed by atoms with van der Waals surface area (Å²) >= 11 is 1.89. The summed E-state index contributed by atoms with van der Waals surface area (Å²) in [5.41, 5.74) is 0. The van der Waals surface area contributed by atoms with E-state index in [0.29, 0.717) is 6.04 Å². The van der Waals surface area contributed by atoms with Crippen LogP contribution in [0.2, 0.25) is 0 Å². The van der Waals surface area contributed by atoms with Gasteiger partial charge in [0.2, 0.25) is 0 Å². The van der Waals surface area contributed by atoms with Gasteiger partial charge >= 0.3 is 0 Å². The molecule has 2 nitrogen and oxygen atoms in total. The monoisotopic (exact) mass is 224 g/mol. The highest BCUT2D eigenvalue weighted by atomic mass is 32.1. The van der Waals surface area contributed by atoms with Gasteiger partial charge in [0.25, 0.3) is 0 Å². The minimum atomic E-state index is 0.694. The number of rotatable bonds is 4. The van der Waals surface area contributed by atoms with Crippen molar-refractivity contribution in [3.63, 3.8) is 0 Å². The number of nitrogens with one attached hydrogen (secondary N) is 2. The van der Waals surface area contributed by atoms with Gasteiger partial charge in [-0.1, -0.05) is 6.42 Å². The smallest absolute Gasteiger partial charge is 0.0300 e. The van der Waals surface area contributed by atoms with Crippen molar-refractivity contribution in [1.82, 2.24) is 10.6 Å². The van der Waals surface area contributed by atoms with Crippen LogP contribution in [0.1, 0.15) is 29.0 Å². The molecule has 15 heavy (non-hydrogen) atoms. The normalized spacial score (nSPS) is 21.8. The van der Waals surface area contributed by atoms with Crippen molar-refractivity contribution >= 4 is 11.3 Å². The molecule has 1 unspecified atom stereocenters. The molecule has 0 aliphatic carbocycles. The molecular weight excluding hydrogens is 204 g/mol. The van der Waals surface area contributed by atoms with Gasteiger partial charge in [0.15, 0.2) is 0 Å². The lowest BCUT2D eigenvalue weighted by molar-refractivity contribution is 0.383. The van der Waals surface area contributed by atoms with Crippen molar-refractivity contribution in [3.8, 4) is 0 Å². The van der Waals surface area contributed by atoms with Crippen molar-refractivity contribution in [2.45, 2.75) is 38.8 Å². The minimum absolute atomic E-state index is 0.694. The van der Waals surface area contributed by atoms with Crippen LogP contribution in [0.4, 0.5) is 0 Å². The van der Waals surface area contributed by atoms with Gasteiger partial charge in [-0.2, -0.15) is 0 Å². The molecule has 1 aromatic rings. The molecule has 1 atom stereocenters. The Hall–Kier alpha value is -0.380. The summed E-state index contributed by atoms with van der Waals surface area (Å²) in [7, 11) is 0. The van der Waals surface area contributed by atoms with Crippen molar-refractivity contribution in [3.05, 3.63) is 21.9 Å². The molecule has 0 aromatic carbocycles. The molecule has 0 bridgehead atoms. The van der Waals surface area contributed by atoms with Crippen molar-refractivity contribution in [1.29, 1.82) is 0 Å². The molecule has 2 rings (SSSR count). The molecular formula is C12H20N2S. The first kappa shape index (κ1) is 11.1. The largest absolute Gasteiger partial charge is 0.313 e. The molecule has 0 spiro atoms. The van der Waals surface area contributed by atoms with Crippen LogP contribution in [-0.2, 0) is 6.54 Å². The first-order valence-electron chi connectivity index (χ1n) is 5.84. The Morgan fingerprint density at radius 2 is 2.40 bits per heavy atom. The summed E-state index contributed by atoms with van der Waals surface area (Å²) in [6, 6.07) is 5.11. The predicted molar refractivity (Wildman–Crippen MR) is 66.4 cm³/mol. The van der Waals surface area contributed by atoms with E-state index in [2.05, 4.69) is 29.7 Å². The van der Waals surface area contributed by atoms with Crippen LogP contribution in [0.5, 0.6) is 0 Å². The maximum atomic E-state index is 3.55. The SMILES string of the molecule is Cc1ccc(CNCC2CCCCN2)s1. The average molecular weight is 224 g/mol. The van der Waals surface area contributed by atoms with E-state index in [4.69, 9.17) is 0 Å². The molecule has 2 heterocycles. The number of piperidine rings is 1. The van der Waals surface area contributed by atoms with E-state index in [1.165, 1.54) is 35.6 Å². The lowest BCUT2D eigenvalue weighted by Crippen LogP contribution is -2.41. The van der Waals surface area contributed by atoms with Gasteiger partial charge in [-0.15, -0.1) is 11.3 Å². The van der Waals surface area contributed by atoms with Gasteiger partial charge in [-0.25, -0.2) is 0 Å². The van der Waals surface area contributed by atoms with Gasteiger partial charge in [0, 0.05) is 28.9 Å². The predicted octanol–water partition coefficient (Wildman–Crippen LogP) is 2.29. The number of thiophene rings is 1. The van der Waals surface area contributed by atoms with Crippen LogP contribution in [0.15, 0.2) is 12.1 Å². The Balaban J connectivity index is 1.65. The molecule has 0 saturated carbocycles. The molecule has 1 fully saturated rings. The van der Waals surface area contributed by atoms with Crippen LogP contribution in [0.25, 0.3) is 0 Å². The third kappa shape index (κ3) is 3.59. The second-order valence-corrected chi connectivity index (χ2v) is 5.66. The Morgan fingerprint density at radius 1 is 1.47 bits per heavy atom. The van der Waals surface area contributed by atoms with Crippen LogP contribution >= 0.6 is 11.3 Å². The standard InChI is InChI=1S/C12H20N2S/c1-10-5-6-12(15-10)9-13-8-11-4-2-3-7-14-11/h5-6,11,13-14H,2-4,7-9H2,1H3. The molecule has 3 heteroatoms. The van der Waals surface area contributed by atoms with Gasteiger partial charge in [-0.05, 0) is 38.4 Å². The Morgan fingerprint density at radius 3 is 3.07 bits per heavy atom. The fourth-order valence-corrected chi connectivity index (χ4v) is 2.91. The summed E-state index contributed by atoms with van der Waals surface area (Å²) < 4.78 is 0. The zero-order chi connectivity index (χ0) is 10.5. The number of aryl methyl sites for hydroxylation is 1. The highest BCUT2D eigenvalue weighted by Crippen LogP contribution is 2.14. The zero-order valence-electron chi connectivity index (χ0n) is 9.38. The van der Waals surface area contributed by atoms with Crippen LogP contribution in [0.3, 0.4) is 0 Å². The highest BCUT2D eigenvalue weighted by molar-refractivity contribution is 7.11. The third-order valence-corrected chi connectivity index (χ3v) is 3.90. The van der Waals surface area contributed by atoms with E-state index in [9.17, 15) is 0 Å². The molecule has 84 valence electrons. The van der Waals surface area contributed by atoms with Gasteiger partial charge in [-0.3, -0.25) is 0 Å². The quantitative estimate of drug-likeness (QED) is 0.820. The summed E-state index contributed by atoms with van der Waals surface area (Å²) in [5, 5.41) is 7.08. The summed E-state index contributed by atoms with van der Waals surface area (Å²) in [4.78, 5) is 2.85. The molecule has 0 amide bonds. The zero-order valence-corrected chi connectivity index (χ0v) is 10.2. The second kappa shape index (κ2) is 5.64. The fraction of sp³-hybridized carbons (Fsp3) is 0.667. The maximum Gasteiger partial charge on any atom is 0.0300 e. The van der Waals surface area contributed by atoms with Gasteiger partial charge in [0.1, 0.15) is 0 Å². The Bertz CT molecular complexity index is 290. The van der Waals surface area contributed by atoms with E-state index in [0.717, 1.165) is 13.1 Å². The lowest BCUT2D eigenvalue weighted by atomic mass is 10.1. The highest BCUT2D eigenvalue weighted by Gasteiger charge is 2.11. The first-order valence-corrected chi connectivity index (χ1v) is 6.65. The van der Waals surface area contributed by atoms with E-state index in [-0.39, 0.29) is 0 Å².